The molecule has 1 amide bonds. The maximum Gasteiger partial charge on any atom is 0.272 e. The van der Waals surface area contributed by atoms with Gasteiger partial charge in [0, 0.05) is 18.9 Å². The number of aromatic amines is 1. The number of hydrogen-bond donors (Lipinski definition) is 1. The van der Waals surface area contributed by atoms with Crippen molar-refractivity contribution in [1.29, 1.82) is 0 Å². The molecule has 1 heterocycles. The number of halogens is 1. The van der Waals surface area contributed by atoms with Gasteiger partial charge in [-0.1, -0.05) is 12.1 Å². The lowest BCUT2D eigenvalue weighted by Crippen LogP contribution is -2.32. The van der Waals surface area contributed by atoms with Gasteiger partial charge in [0.15, 0.2) is 4.77 Å². The number of imidazole rings is 1. The molecule has 7 heteroatoms. The number of aryl methyl sites for hydroxylation is 1. The molecular formula is C20H20FN3O2S. The average molecular weight is 385 g/mol. The minimum atomic E-state index is -0.348. The number of carbonyl (C=O) groups is 1. The molecule has 27 heavy (non-hydrogen) atoms. The number of carbonyl (C=O) groups excluding carboxylic acids is 1. The third-order valence-corrected chi connectivity index (χ3v) is 4.41. The summed E-state index contributed by atoms with van der Waals surface area (Å²) in [5, 5.41) is 0. The first-order valence-corrected chi connectivity index (χ1v) is 8.88. The SMILES string of the molecule is Cc1cccc(OCCN(C)C(=O)c2c[nH]c(=S)n2-c2ccc(F)cc2)c1. The van der Waals surface area contributed by atoms with Gasteiger partial charge in [0.1, 0.15) is 23.9 Å². The molecule has 2 aromatic carbocycles. The molecule has 0 saturated heterocycles. The first-order chi connectivity index (χ1) is 13.0. The lowest BCUT2D eigenvalue weighted by molar-refractivity contribution is 0.0765. The van der Waals surface area contributed by atoms with E-state index >= 15 is 0 Å². The highest BCUT2D eigenvalue weighted by atomic mass is 32.1. The Morgan fingerprint density at radius 3 is 2.70 bits per heavy atom. The van der Waals surface area contributed by atoms with Gasteiger partial charge in [-0.2, -0.15) is 0 Å². The van der Waals surface area contributed by atoms with Gasteiger partial charge in [0.05, 0.1) is 6.54 Å². The van der Waals surface area contributed by atoms with Gasteiger partial charge in [0.2, 0.25) is 0 Å². The lowest BCUT2D eigenvalue weighted by atomic mass is 10.2. The molecule has 0 unspecified atom stereocenters. The van der Waals surface area contributed by atoms with Crippen molar-refractivity contribution in [2.24, 2.45) is 0 Å². The van der Waals surface area contributed by atoms with Crippen molar-refractivity contribution >= 4 is 18.1 Å². The second kappa shape index (κ2) is 8.18. The molecule has 0 aliphatic carbocycles. The maximum absolute atomic E-state index is 13.2. The number of nitrogens with zero attached hydrogens (tertiary/aromatic N) is 2. The molecule has 0 fully saturated rings. The van der Waals surface area contributed by atoms with Gasteiger partial charge < -0.3 is 14.6 Å². The number of aromatic nitrogens is 2. The van der Waals surface area contributed by atoms with E-state index in [-0.39, 0.29) is 11.7 Å². The largest absolute Gasteiger partial charge is 0.492 e. The standard InChI is InChI=1S/C20H20FN3O2S/c1-14-4-3-5-17(12-14)26-11-10-23(2)19(25)18-13-22-20(27)24(18)16-8-6-15(21)7-9-16/h3-9,12-13H,10-11H2,1-2H3,(H,22,27). The predicted molar refractivity (Wildman–Crippen MR) is 105 cm³/mol. The van der Waals surface area contributed by atoms with E-state index in [1.165, 1.54) is 12.1 Å². The van der Waals surface area contributed by atoms with Crippen LogP contribution in [0.25, 0.3) is 5.69 Å². The van der Waals surface area contributed by atoms with Crippen molar-refractivity contribution in [1.82, 2.24) is 14.5 Å². The van der Waals surface area contributed by atoms with Crippen LogP contribution in [0.1, 0.15) is 16.1 Å². The normalized spacial score (nSPS) is 10.6. The number of amides is 1. The third kappa shape index (κ3) is 4.43. The minimum absolute atomic E-state index is 0.209. The zero-order chi connectivity index (χ0) is 19.4. The van der Waals surface area contributed by atoms with Crippen LogP contribution < -0.4 is 4.74 Å². The fourth-order valence-electron chi connectivity index (χ4n) is 2.68. The molecule has 0 aliphatic rings. The molecule has 0 atom stereocenters. The second-order valence-corrected chi connectivity index (χ2v) is 6.57. The van der Waals surface area contributed by atoms with Crippen LogP contribution in [0, 0.1) is 17.5 Å². The molecule has 140 valence electrons. The van der Waals surface area contributed by atoms with E-state index in [4.69, 9.17) is 17.0 Å². The van der Waals surface area contributed by atoms with Crippen LogP contribution in [0.5, 0.6) is 5.75 Å². The fourth-order valence-corrected chi connectivity index (χ4v) is 2.94. The summed E-state index contributed by atoms with van der Waals surface area (Å²) in [4.78, 5) is 17.3. The van der Waals surface area contributed by atoms with E-state index in [0.29, 0.717) is 29.3 Å². The Labute approximate surface area is 162 Å². The molecule has 0 radical (unpaired) electrons. The second-order valence-electron chi connectivity index (χ2n) is 6.18. The van der Waals surface area contributed by atoms with Crippen molar-refractivity contribution in [3.8, 4) is 11.4 Å². The topological polar surface area (TPSA) is 50.3 Å². The van der Waals surface area contributed by atoms with Gasteiger partial charge in [-0.05, 0) is 61.1 Å². The Hall–Kier alpha value is -2.93. The molecule has 1 N–H and O–H groups in total. The lowest BCUT2D eigenvalue weighted by Gasteiger charge is -2.18. The predicted octanol–water partition coefficient (Wildman–Crippen LogP) is 4.13. The molecule has 3 rings (SSSR count). The average Bonchev–Trinajstić information content (AvgIpc) is 3.03. The smallest absolute Gasteiger partial charge is 0.272 e. The summed E-state index contributed by atoms with van der Waals surface area (Å²) in [5.41, 5.74) is 2.11. The molecule has 5 nitrogen and oxygen atoms in total. The van der Waals surface area contributed by atoms with E-state index in [1.54, 1.807) is 34.8 Å². The highest BCUT2D eigenvalue weighted by Crippen LogP contribution is 2.16. The molecule has 0 bridgehead atoms. The minimum Gasteiger partial charge on any atom is -0.492 e. The first kappa shape index (κ1) is 18.8. The number of likely N-dealkylation sites (N-methyl/N-ethyl adjacent to an activating group) is 1. The van der Waals surface area contributed by atoms with Gasteiger partial charge in [-0.15, -0.1) is 0 Å². The number of benzene rings is 2. The van der Waals surface area contributed by atoms with E-state index in [0.717, 1.165) is 11.3 Å². The number of H-pyrrole nitrogens is 1. The summed E-state index contributed by atoms with van der Waals surface area (Å²) in [7, 11) is 1.70. The van der Waals surface area contributed by atoms with Crippen LogP contribution in [-0.2, 0) is 0 Å². The zero-order valence-electron chi connectivity index (χ0n) is 15.1. The first-order valence-electron chi connectivity index (χ1n) is 8.47. The number of ether oxygens (including phenoxy) is 1. The summed E-state index contributed by atoms with van der Waals surface area (Å²) in [6.07, 6.45) is 1.56. The Bertz CT molecular complexity index is 995. The zero-order valence-corrected chi connectivity index (χ0v) is 15.9. The van der Waals surface area contributed by atoms with Gasteiger partial charge in [-0.3, -0.25) is 9.36 Å². The van der Waals surface area contributed by atoms with Crippen LogP contribution in [-0.4, -0.2) is 40.6 Å². The van der Waals surface area contributed by atoms with Gasteiger partial charge >= 0.3 is 0 Å². The summed E-state index contributed by atoms with van der Waals surface area (Å²) in [5.74, 6) is 0.213. The molecule has 0 aliphatic heterocycles. The van der Waals surface area contributed by atoms with E-state index in [2.05, 4.69) is 4.98 Å². The van der Waals surface area contributed by atoms with Crippen LogP contribution >= 0.6 is 12.2 Å². The van der Waals surface area contributed by atoms with E-state index < -0.39 is 0 Å². The Morgan fingerprint density at radius 1 is 1.26 bits per heavy atom. The van der Waals surface area contributed by atoms with E-state index in [1.807, 2.05) is 31.2 Å². The summed E-state index contributed by atoms with van der Waals surface area (Å²) < 4.78 is 20.9. The fraction of sp³-hybridized carbons (Fsp3) is 0.200. The third-order valence-electron chi connectivity index (χ3n) is 4.11. The van der Waals surface area contributed by atoms with Gasteiger partial charge in [0.25, 0.3) is 5.91 Å². The van der Waals surface area contributed by atoms with Crippen LogP contribution in [0.3, 0.4) is 0 Å². The van der Waals surface area contributed by atoms with Crippen molar-refractivity contribution < 1.29 is 13.9 Å². The highest BCUT2D eigenvalue weighted by molar-refractivity contribution is 7.71. The highest BCUT2D eigenvalue weighted by Gasteiger charge is 2.18. The maximum atomic E-state index is 13.2. The monoisotopic (exact) mass is 385 g/mol. The van der Waals surface area contributed by atoms with Crippen LogP contribution in [0.15, 0.2) is 54.7 Å². The Balaban J connectivity index is 1.70. The summed E-state index contributed by atoms with van der Waals surface area (Å²) >= 11 is 5.28. The summed E-state index contributed by atoms with van der Waals surface area (Å²) in [6, 6.07) is 13.6. The summed E-state index contributed by atoms with van der Waals surface area (Å²) in [6.45, 7) is 2.77. The van der Waals surface area contributed by atoms with Crippen molar-refractivity contribution in [2.75, 3.05) is 20.2 Å². The van der Waals surface area contributed by atoms with Crippen LogP contribution in [0.4, 0.5) is 4.39 Å². The van der Waals surface area contributed by atoms with Gasteiger partial charge in [-0.25, -0.2) is 4.39 Å². The molecular weight excluding hydrogens is 365 g/mol. The molecule has 1 aromatic heterocycles. The molecule has 3 aromatic rings. The quantitative estimate of drug-likeness (QED) is 0.649. The number of nitrogens with one attached hydrogen (secondary N) is 1. The number of hydrogen-bond acceptors (Lipinski definition) is 3. The molecule has 0 spiro atoms. The van der Waals surface area contributed by atoms with Crippen molar-refractivity contribution in [3.05, 3.63) is 76.6 Å². The van der Waals surface area contributed by atoms with E-state index in [9.17, 15) is 9.18 Å². The number of rotatable bonds is 6. The molecule has 0 saturated carbocycles. The van der Waals surface area contributed by atoms with Crippen molar-refractivity contribution in [2.45, 2.75) is 6.92 Å². The Morgan fingerprint density at radius 2 is 2.00 bits per heavy atom. The van der Waals surface area contributed by atoms with Crippen LogP contribution in [0.2, 0.25) is 0 Å². The van der Waals surface area contributed by atoms with Crippen molar-refractivity contribution in [3.63, 3.8) is 0 Å². The Kier molecular flexibility index (Phi) is 5.71.